The molecule has 1 aliphatic rings. The zero-order valence-corrected chi connectivity index (χ0v) is 10.7. The Morgan fingerprint density at radius 1 is 1.41 bits per heavy atom. The molecule has 1 saturated heterocycles. The van der Waals surface area contributed by atoms with E-state index in [9.17, 15) is 9.59 Å². The van der Waals surface area contributed by atoms with E-state index < -0.39 is 5.60 Å². The van der Waals surface area contributed by atoms with Crippen LogP contribution in [0.2, 0.25) is 0 Å². The van der Waals surface area contributed by atoms with Crippen LogP contribution in [0.5, 0.6) is 0 Å². The predicted octanol–water partition coefficient (Wildman–Crippen LogP) is 0.0707. The maximum absolute atomic E-state index is 11.6. The van der Waals surface area contributed by atoms with Crippen LogP contribution in [0.3, 0.4) is 0 Å². The SMILES string of the molecule is CC(C)(C)OC(=O)N1CC(NC(=O)CCN)C1. The van der Waals surface area contributed by atoms with Crippen molar-refractivity contribution >= 4 is 12.0 Å². The molecular formula is C11H21N3O3. The summed E-state index contributed by atoms with van der Waals surface area (Å²) in [7, 11) is 0. The fraction of sp³-hybridized carbons (Fsp3) is 0.818. The molecule has 6 heteroatoms. The van der Waals surface area contributed by atoms with Gasteiger partial charge < -0.3 is 20.7 Å². The van der Waals surface area contributed by atoms with Crippen molar-refractivity contribution in [1.82, 2.24) is 10.2 Å². The van der Waals surface area contributed by atoms with Crippen molar-refractivity contribution in [1.29, 1.82) is 0 Å². The van der Waals surface area contributed by atoms with Crippen LogP contribution < -0.4 is 11.1 Å². The highest BCUT2D eigenvalue weighted by molar-refractivity contribution is 5.77. The molecule has 1 aliphatic heterocycles. The Kier molecular flexibility index (Phi) is 4.34. The molecule has 1 fully saturated rings. The molecule has 2 amide bonds. The van der Waals surface area contributed by atoms with Crippen molar-refractivity contribution in [3.05, 3.63) is 0 Å². The van der Waals surface area contributed by atoms with Gasteiger partial charge in [-0.2, -0.15) is 0 Å². The van der Waals surface area contributed by atoms with Crippen LogP contribution in [-0.4, -0.2) is 48.2 Å². The minimum Gasteiger partial charge on any atom is -0.444 e. The van der Waals surface area contributed by atoms with Gasteiger partial charge >= 0.3 is 6.09 Å². The molecule has 0 bridgehead atoms. The zero-order chi connectivity index (χ0) is 13.1. The third-order valence-corrected chi connectivity index (χ3v) is 2.27. The lowest BCUT2D eigenvalue weighted by Gasteiger charge is -2.39. The first-order valence-electron chi connectivity index (χ1n) is 5.79. The largest absolute Gasteiger partial charge is 0.444 e. The number of rotatable bonds is 3. The van der Waals surface area contributed by atoms with Crippen LogP contribution in [-0.2, 0) is 9.53 Å². The van der Waals surface area contributed by atoms with Gasteiger partial charge in [0.1, 0.15) is 5.60 Å². The summed E-state index contributed by atoms with van der Waals surface area (Å²) in [6.45, 7) is 6.83. The zero-order valence-electron chi connectivity index (χ0n) is 10.7. The maximum Gasteiger partial charge on any atom is 0.410 e. The average molecular weight is 243 g/mol. The second-order valence-corrected chi connectivity index (χ2v) is 5.19. The Bertz CT molecular complexity index is 293. The third-order valence-electron chi connectivity index (χ3n) is 2.27. The van der Waals surface area contributed by atoms with Gasteiger partial charge in [-0.3, -0.25) is 4.79 Å². The van der Waals surface area contributed by atoms with Crippen molar-refractivity contribution in [3.8, 4) is 0 Å². The van der Waals surface area contributed by atoms with Crippen LogP contribution in [0.15, 0.2) is 0 Å². The van der Waals surface area contributed by atoms with E-state index in [0.717, 1.165) is 0 Å². The monoisotopic (exact) mass is 243 g/mol. The first-order valence-corrected chi connectivity index (χ1v) is 5.79. The molecule has 0 radical (unpaired) electrons. The third kappa shape index (κ3) is 4.60. The lowest BCUT2D eigenvalue weighted by molar-refractivity contribution is -0.122. The summed E-state index contributed by atoms with van der Waals surface area (Å²) in [4.78, 5) is 24.4. The molecule has 6 nitrogen and oxygen atoms in total. The van der Waals surface area contributed by atoms with Gasteiger partial charge in [-0.1, -0.05) is 0 Å². The first-order chi connectivity index (χ1) is 7.81. The molecule has 1 rings (SSSR count). The molecule has 0 aromatic rings. The number of carbonyl (C=O) groups excluding carboxylic acids is 2. The fourth-order valence-electron chi connectivity index (χ4n) is 1.48. The van der Waals surface area contributed by atoms with Crippen molar-refractivity contribution in [2.45, 2.75) is 38.8 Å². The Hall–Kier alpha value is -1.30. The molecule has 3 N–H and O–H groups in total. The van der Waals surface area contributed by atoms with Gasteiger partial charge in [0.25, 0.3) is 0 Å². The van der Waals surface area contributed by atoms with Crippen molar-refractivity contribution in [2.24, 2.45) is 5.73 Å². The highest BCUT2D eigenvalue weighted by Gasteiger charge is 2.34. The number of nitrogens with two attached hydrogens (primary N) is 1. The Labute approximate surface area is 101 Å². The molecule has 0 aliphatic carbocycles. The number of hydrogen-bond donors (Lipinski definition) is 2. The molecule has 0 spiro atoms. The summed E-state index contributed by atoms with van der Waals surface area (Å²) in [5.74, 6) is -0.0682. The summed E-state index contributed by atoms with van der Waals surface area (Å²) < 4.78 is 5.20. The minimum atomic E-state index is -0.481. The fourth-order valence-corrected chi connectivity index (χ4v) is 1.48. The van der Waals surface area contributed by atoms with E-state index in [1.54, 1.807) is 4.90 Å². The smallest absolute Gasteiger partial charge is 0.410 e. The van der Waals surface area contributed by atoms with Gasteiger partial charge in [0, 0.05) is 26.1 Å². The number of likely N-dealkylation sites (tertiary alicyclic amines) is 1. The quantitative estimate of drug-likeness (QED) is 0.734. The van der Waals surface area contributed by atoms with Crippen LogP contribution in [0.25, 0.3) is 0 Å². The second-order valence-electron chi connectivity index (χ2n) is 5.19. The Balaban J connectivity index is 2.23. The lowest BCUT2D eigenvalue weighted by atomic mass is 10.1. The number of nitrogens with one attached hydrogen (secondary N) is 1. The van der Waals surface area contributed by atoms with Gasteiger partial charge in [0.2, 0.25) is 5.91 Å². The second kappa shape index (κ2) is 5.35. The topological polar surface area (TPSA) is 84.7 Å². The van der Waals surface area contributed by atoms with E-state index in [1.165, 1.54) is 0 Å². The van der Waals surface area contributed by atoms with Crippen molar-refractivity contribution < 1.29 is 14.3 Å². The minimum absolute atomic E-state index is 0.0292. The average Bonchev–Trinajstić information content (AvgIpc) is 2.07. The molecular weight excluding hydrogens is 222 g/mol. The normalized spacial score (nSPS) is 16.4. The first kappa shape index (κ1) is 13.8. The molecule has 98 valence electrons. The lowest BCUT2D eigenvalue weighted by Crippen LogP contribution is -2.61. The summed E-state index contributed by atoms with van der Waals surface area (Å²) in [6.07, 6.45) is -0.00929. The van der Waals surface area contributed by atoms with Crippen LogP contribution >= 0.6 is 0 Å². The molecule has 0 unspecified atom stereocenters. The molecule has 0 saturated carbocycles. The number of nitrogens with zero attached hydrogens (tertiary/aromatic N) is 1. The van der Waals surface area contributed by atoms with E-state index >= 15 is 0 Å². The molecule has 17 heavy (non-hydrogen) atoms. The highest BCUT2D eigenvalue weighted by Crippen LogP contribution is 2.15. The van der Waals surface area contributed by atoms with Crippen LogP contribution in [0.1, 0.15) is 27.2 Å². The van der Waals surface area contributed by atoms with Gasteiger partial charge in [-0.05, 0) is 20.8 Å². The maximum atomic E-state index is 11.6. The van der Waals surface area contributed by atoms with Gasteiger partial charge in [-0.15, -0.1) is 0 Å². The number of ether oxygens (including phenoxy) is 1. The summed E-state index contributed by atoms with van der Waals surface area (Å²) in [5, 5.41) is 2.80. The summed E-state index contributed by atoms with van der Waals surface area (Å²) in [5.41, 5.74) is 4.78. The highest BCUT2D eigenvalue weighted by atomic mass is 16.6. The number of hydrogen-bond acceptors (Lipinski definition) is 4. The Morgan fingerprint density at radius 3 is 2.47 bits per heavy atom. The van der Waals surface area contributed by atoms with E-state index in [-0.39, 0.29) is 18.0 Å². The van der Waals surface area contributed by atoms with Crippen molar-refractivity contribution in [3.63, 3.8) is 0 Å². The Morgan fingerprint density at radius 2 is 2.00 bits per heavy atom. The molecule has 1 heterocycles. The predicted molar refractivity (Wildman–Crippen MR) is 63.4 cm³/mol. The molecule has 0 atom stereocenters. The van der Waals surface area contributed by atoms with E-state index in [4.69, 9.17) is 10.5 Å². The number of amides is 2. The van der Waals surface area contributed by atoms with E-state index in [1.807, 2.05) is 20.8 Å². The van der Waals surface area contributed by atoms with Gasteiger partial charge in [-0.25, -0.2) is 4.79 Å². The van der Waals surface area contributed by atoms with Gasteiger partial charge in [0.15, 0.2) is 0 Å². The molecule has 0 aromatic heterocycles. The van der Waals surface area contributed by atoms with Crippen molar-refractivity contribution in [2.75, 3.05) is 19.6 Å². The standard InChI is InChI=1S/C11H21N3O3/c1-11(2,3)17-10(16)14-6-8(7-14)13-9(15)4-5-12/h8H,4-7,12H2,1-3H3,(H,13,15). The van der Waals surface area contributed by atoms with E-state index in [0.29, 0.717) is 26.1 Å². The molecule has 0 aromatic carbocycles. The number of carbonyl (C=O) groups is 2. The van der Waals surface area contributed by atoms with Crippen LogP contribution in [0.4, 0.5) is 4.79 Å². The summed E-state index contributed by atoms with van der Waals surface area (Å²) in [6, 6.07) is 0.0292. The van der Waals surface area contributed by atoms with E-state index in [2.05, 4.69) is 5.32 Å². The summed E-state index contributed by atoms with van der Waals surface area (Å²) >= 11 is 0. The van der Waals surface area contributed by atoms with Crippen LogP contribution in [0, 0.1) is 0 Å². The van der Waals surface area contributed by atoms with Gasteiger partial charge in [0.05, 0.1) is 6.04 Å².